The van der Waals surface area contributed by atoms with Gasteiger partial charge in [-0.15, -0.1) is 0 Å². The van der Waals surface area contributed by atoms with Crippen molar-refractivity contribution in [2.75, 3.05) is 7.11 Å². The third-order valence-electron chi connectivity index (χ3n) is 3.33. The second kappa shape index (κ2) is 5.37. The van der Waals surface area contributed by atoms with Gasteiger partial charge in [0.1, 0.15) is 17.1 Å². The lowest BCUT2D eigenvalue weighted by atomic mass is 10.1. The molecule has 0 saturated heterocycles. The van der Waals surface area contributed by atoms with E-state index in [9.17, 15) is 9.59 Å². The van der Waals surface area contributed by atoms with E-state index in [1.165, 1.54) is 24.3 Å². The molecule has 0 fully saturated rings. The summed E-state index contributed by atoms with van der Waals surface area (Å²) < 4.78 is 10.9. The number of carboxylic acid groups (broad SMARTS) is 1. The first-order chi connectivity index (χ1) is 10.6. The van der Waals surface area contributed by atoms with Crippen LogP contribution in [0.3, 0.4) is 0 Å². The van der Waals surface area contributed by atoms with Crippen molar-refractivity contribution in [3.05, 3.63) is 64.3 Å². The van der Waals surface area contributed by atoms with Crippen LogP contribution in [-0.4, -0.2) is 18.2 Å². The van der Waals surface area contributed by atoms with Gasteiger partial charge in [-0.25, -0.2) is 4.79 Å². The van der Waals surface area contributed by atoms with E-state index >= 15 is 0 Å². The van der Waals surface area contributed by atoms with Gasteiger partial charge in [0.15, 0.2) is 5.43 Å². The SMILES string of the molecule is COc1cccc(-c2cc(=O)c3cc(C(=O)O)ccc3o2)c1. The summed E-state index contributed by atoms with van der Waals surface area (Å²) in [4.78, 5) is 23.2. The molecule has 0 atom stereocenters. The van der Waals surface area contributed by atoms with Crippen molar-refractivity contribution in [2.45, 2.75) is 0 Å². The molecule has 0 spiro atoms. The van der Waals surface area contributed by atoms with Gasteiger partial charge < -0.3 is 14.3 Å². The van der Waals surface area contributed by atoms with E-state index in [0.29, 0.717) is 22.7 Å². The maximum atomic E-state index is 12.2. The predicted molar refractivity (Wildman–Crippen MR) is 81.4 cm³/mol. The van der Waals surface area contributed by atoms with Crippen molar-refractivity contribution in [3.63, 3.8) is 0 Å². The zero-order valence-corrected chi connectivity index (χ0v) is 11.7. The molecule has 0 amide bonds. The first-order valence-corrected chi connectivity index (χ1v) is 6.54. The molecule has 22 heavy (non-hydrogen) atoms. The highest BCUT2D eigenvalue weighted by molar-refractivity contribution is 5.93. The first-order valence-electron chi connectivity index (χ1n) is 6.54. The Morgan fingerprint density at radius 1 is 1.14 bits per heavy atom. The van der Waals surface area contributed by atoms with Crippen molar-refractivity contribution in [3.8, 4) is 17.1 Å². The number of rotatable bonds is 3. The maximum absolute atomic E-state index is 12.2. The Balaban J connectivity index is 2.19. The third-order valence-corrected chi connectivity index (χ3v) is 3.33. The summed E-state index contributed by atoms with van der Waals surface area (Å²) in [6.07, 6.45) is 0. The molecule has 0 saturated carbocycles. The van der Waals surface area contributed by atoms with E-state index in [1.54, 1.807) is 31.4 Å². The summed E-state index contributed by atoms with van der Waals surface area (Å²) in [5, 5.41) is 9.22. The van der Waals surface area contributed by atoms with Gasteiger partial charge >= 0.3 is 5.97 Å². The Bertz CT molecular complexity index is 924. The fourth-order valence-corrected chi connectivity index (χ4v) is 2.21. The number of methoxy groups -OCH3 is 1. The monoisotopic (exact) mass is 296 g/mol. The first kappa shape index (κ1) is 13.9. The number of hydrogen-bond acceptors (Lipinski definition) is 4. The molecular formula is C17H12O5. The molecule has 0 aliphatic heterocycles. The molecule has 0 aliphatic carbocycles. The fraction of sp³-hybridized carbons (Fsp3) is 0.0588. The molecule has 1 aromatic heterocycles. The van der Waals surface area contributed by atoms with Gasteiger partial charge in [-0.1, -0.05) is 12.1 Å². The molecule has 5 nitrogen and oxygen atoms in total. The lowest BCUT2D eigenvalue weighted by Crippen LogP contribution is -2.03. The zero-order valence-electron chi connectivity index (χ0n) is 11.7. The highest BCUT2D eigenvalue weighted by Gasteiger charge is 2.10. The Hall–Kier alpha value is -3.08. The van der Waals surface area contributed by atoms with E-state index in [1.807, 2.05) is 0 Å². The molecule has 0 aliphatic rings. The van der Waals surface area contributed by atoms with E-state index in [0.717, 1.165) is 0 Å². The Morgan fingerprint density at radius 3 is 2.68 bits per heavy atom. The summed E-state index contributed by atoms with van der Waals surface area (Å²) in [6, 6.07) is 12.7. The van der Waals surface area contributed by atoms with Crippen LogP contribution in [0.4, 0.5) is 0 Å². The van der Waals surface area contributed by atoms with Gasteiger partial charge in [0.25, 0.3) is 0 Å². The summed E-state index contributed by atoms with van der Waals surface area (Å²) in [5.74, 6) is -0.0286. The molecule has 3 aromatic rings. The van der Waals surface area contributed by atoms with Crippen LogP contribution >= 0.6 is 0 Å². The van der Waals surface area contributed by atoms with Crippen LogP contribution in [-0.2, 0) is 0 Å². The minimum absolute atomic E-state index is 0.0499. The van der Waals surface area contributed by atoms with Gasteiger partial charge in [0.05, 0.1) is 18.1 Å². The zero-order chi connectivity index (χ0) is 15.7. The van der Waals surface area contributed by atoms with Crippen LogP contribution in [0.5, 0.6) is 5.75 Å². The van der Waals surface area contributed by atoms with Crippen molar-refractivity contribution >= 4 is 16.9 Å². The van der Waals surface area contributed by atoms with Crippen molar-refractivity contribution in [2.24, 2.45) is 0 Å². The van der Waals surface area contributed by atoms with E-state index in [2.05, 4.69) is 0 Å². The largest absolute Gasteiger partial charge is 0.497 e. The maximum Gasteiger partial charge on any atom is 0.335 e. The molecular weight excluding hydrogens is 284 g/mol. The van der Waals surface area contributed by atoms with E-state index in [4.69, 9.17) is 14.3 Å². The van der Waals surface area contributed by atoms with Crippen LogP contribution in [0.25, 0.3) is 22.3 Å². The van der Waals surface area contributed by atoms with Crippen molar-refractivity contribution in [1.82, 2.24) is 0 Å². The summed E-state index contributed by atoms with van der Waals surface area (Å²) in [5.41, 5.74) is 0.812. The number of ether oxygens (including phenoxy) is 1. The number of aromatic carboxylic acids is 1. The molecule has 1 N–H and O–H groups in total. The van der Waals surface area contributed by atoms with Gasteiger partial charge in [-0.3, -0.25) is 4.79 Å². The van der Waals surface area contributed by atoms with Gasteiger partial charge in [-0.05, 0) is 30.3 Å². The number of benzene rings is 2. The number of fused-ring (bicyclic) bond motifs is 1. The minimum Gasteiger partial charge on any atom is -0.497 e. The lowest BCUT2D eigenvalue weighted by Gasteiger charge is -2.05. The molecule has 110 valence electrons. The van der Waals surface area contributed by atoms with Crippen LogP contribution in [0.2, 0.25) is 0 Å². The van der Waals surface area contributed by atoms with Crippen LogP contribution in [0.1, 0.15) is 10.4 Å². The average molecular weight is 296 g/mol. The molecule has 3 rings (SSSR count). The topological polar surface area (TPSA) is 76.7 Å². The molecule has 5 heteroatoms. The van der Waals surface area contributed by atoms with E-state index < -0.39 is 5.97 Å². The molecule has 0 radical (unpaired) electrons. The number of hydrogen-bond donors (Lipinski definition) is 1. The Kier molecular flexibility index (Phi) is 3.39. The second-order valence-corrected chi connectivity index (χ2v) is 4.72. The molecule has 0 bridgehead atoms. The molecule has 1 heterocycles. The van der Waals surface area contributed by atoms with E-state index in [-0.39, 0.29) is 16.4 Å². The average Bonchev–Trinajstić information content (AvgIpc) is 2.54. The third kappa shape index (κ3) is 2.44. The minimum atomic E-state index is -1.09. The van der Waals surface area contributed by atoms with Crippen LogP contribution in [0, 0.1) is 0 Å². The lowest BCUT2D eigenvalue weighted by molar-refractivity contribution is 0.0697. The van der Waals surface area contributed by atoms with Crippen LogP contribution in [0.15, 0.2) is 57.7 Å². The smallest absolute Gasteiger partial charge is 0.335 e. The van der Waals surface area contributed by atoms with Gasteiger partial charge in [0, 0.05) is 11.6 Å². The van der Waals surface area contributed by atoms with Crippen molar-refractivity contribution in [1.29, 1.82) is 0 Å². The Labute approximate surface area is 125 Å². The number of carbonyl (C=O) groups is 1. The predicted octanol–water partition coefficient (Wildman–Crippen LogP) is 3.17. The van der Waals surface area contributed by atoms with Crippen LogP contribution < -0.4 is 10.2 Å². The van der Waals surface area contributed by atoms with Crippen molar-refractivity contribution < 1.29 is 19.1 Å². The number of carboxylic acids is 1. The second-order valence-electron chi connectivity index (χ2n) is 4.72. The van der Waals surface area contributed by atoms with Gasteiger partial charge in [-0.2, -0.15) is 0 Å². The normalized spacial score (nSPS) is 10.6. The highest BCUT2D eigenvalue weighted by atomic mass is 16.5. The quantitative estimate of drug-likeness (QED) is 0.803. The molecule has 2 aromatic carbocycles. The fourth-order valence-electron chi connectivity index (χ4n) is 2.21. The summed E-state index contributed by atoms with van der Waals surface area (Å²) >= 11 is 0. The molecule has 0 unspecified atom stereocenters. The summed E-state index contributed by atoms with van der Waals surface area (Å²) in [6.45, 7) is 0. The highest BCUT2D eigenvalue weighted by Crippen LogP contribution is 2.25. The standard InChI is InChI=1S/C17H12O5/c1-21-12-4-2-3-10(7-12)16-9-14(18)13-8-11(17(19)20)5-6-15(13)22-16/h2-9H,1H3,(H,19,20). The van der Waals surface area contributed by atoms with Gasteiger partial charge in [0.2, 0.25) is 0 Å². The Morgan fingerprint density at radius 2 is 1.95 bits per heavy atom. The summed E-state index contributed by atoms with van der Waals surface area (Å²) in [7, 11) is 1.56.